The normalized spacial score (nSPS) is 17.1. The van der Waals surface area contributed by atoms with Crippen LogP contribution in [0, 0.1) is 10.1 Å². The van der Waals surface area contributed by atoms with Crippen molar-refractivity contribution in [2.45, 2.75) is 13.1 Å². The average Bonchev–Trinajstić information content (AvgIpc) is 2.84. The summed E-state index contributed by atoms with van der Waals surface area (Å²) < 4.78 is 38.0. The second-order valence-corrected chi connectivity index (χ2v) is 5.43. The molecule has 6 nitrogen and oxygen atoms in total. The Morgan fingerprint density at radius 3 is 2.68 bits per heavy atom. The molecule has 22 heavy (non-hydrogen) atoms. The first-order chi connectivity index (χ1) is 10.2. The zero-order valence-corrected chi connectivity index (χ0v) is 12.1. The Morgan fingerprint density at radius 1 is 1.45 bits per heavy atom. The van der Waals surface area contributed by atoms with Crippen molar-refractivity contribution in [2.24, 2.45) is 4.99 Å². The number of aliphatic imine (C=N–C) groups is 1. The number of amides is 1. The number of rotatable bonds is 2. The zero-order valence-electron chi connectivity index (χ0n) is 11.3. The summed E-state index contributed by atoms with van der Waals surface area (Å²) >= 11 is 1.21. The Balaban J connectivity index is 2.51. The van der Waals surface area contributed by atoms with E-state index in [1.165, 1.54) is 23.6 Å². The fourth-order valence-corrected chi connectivity index (χ4v) is 2.92. The second-order valence-electron chi connectivity index (χ2n) is 4.37. The van der Waals surface area contributed by atoms with Crippen LogP contribution >= 0.6 is 11.8 Å². The third kappa shape index (κ3) is 3.38. The highest BCUT2D eigenvalue weighted by Crippen LogP contribution is 2.38. The maximum atomic E-state index is 12.7. The highest BCUT2D eigenvalue weighted by Gasteiger charge is 2.35. The van der Waals surface area contributed by atoms with Gasteiger partial charge in [0, 0.05) is 25.3 Å². The van der Waals surface area contributed by atoms with E-state index < -0.39 is 28.3 Å². The van der Waals surface area contributed by atoms with Gasteiger partial charge in [0.05, 0.1) is 10.5 Å². The molecule has 1 heterocycles. The molecule has 1 saturated heterocycles. The quantitative estimate of drug-likeness (QED) is 0.614. The van der Waals surface area contributed by atoms with Gasteiger partial charge >= 0.3 is 6.18 Å². The van der Waals surface area contributed by atoms with E-state index in [0.29, 0.717) is 18.4 Å². The molecule has 1 fully saturated rings. The molecule has 1 aliphatic heterocycles. The van der Waals surface area contributed by atoms with Crippen LogP contribution in [-0.4, -0.2) is 28.3 Å². The molecule has 0 atom stereocenters. The molecule has 2 rings (SSSR count). The van der Waals surface area contributed by atoms with Crippen molar-refractivity contribution in [1.82, 2.24) is 0 Å². The largest absolute Gasteiger partial charge is 0.416 e. The SMILES string of the molecule is CC(=O)N=C1SCCN1c1ccc(C(F)(F)F)cc1[N+](=O)[O-]. The monoisotopic (exact) mass is 333 g/mol. The lowest BCUT2D eigenvalue weighted by Gasteiger charge is -2.18. The summed E-state index contributed by atoms with van der Waals surface area (Å²) in [5.41, 5.74) is -1.78. The maximum absolute atomic E-state index is 12.7. The molecule has 1 aromatic carbocycles. The molecule has 0 bridgehead atoms. The maximum Gasteiger partial charge on any atom is 0.416 e. The van der Waals surface area contributed by atoms with E-state index in [4.69, 9.17) is 0 Å². The van der Waals surface area contributed by atoms with Crippen LogP contribution in [0.15, 0.2) is 23.2 Å². The van der Waals surface area contributed by atoms with E-state index in [2.05, 4.69) is 4.99 Å². The third-order valence-corrected chi connectivity index (χ3v) is 3.78. The lowest BCUT2D eigenvalue weighted by atomic mass is 10.1. The van der Waals surface area contributed by atoms with Crippen molar-refractivity contribution >= 4 is 34.2 Å². The fourth-order valence-electron chi connectivity index (χ4n) is 1.93. The number of nitrogens with zero attached hydrogens (tertiary/aromatic N) is 3. The molecular weight excluding hydrogens is 323 g/mol. The van der Waals surface area contributed by atoms with Crippen molar-refractivity contribution in [3.05, 3.63) is 33.9 Å². The van der Waals surface area contributed by atoms with Crippen molar-refractivity contribution < 1.29 is 22.9 Å². The van der Waals surface area contributed by atoms with Crippen LogP contribution in [0.5, 0.6) is 0 Å². The van der Waals surface area contributed by atoms with Gasteiger partial charge in [0.1, 0.15) is 5.69 Å². The number of amidine groups is 1. The summed E-state index contributed by atoms with van der Waals surface area (Å²) in [6.07, 6.45) is -4.67. The Morgan fingerprint density at radius 2 is 2.14 bits per heavy atom. The molecule has 1 aliphatic rings. The molecule has 0 aliphatic carbocycles. The molecule has 0 spiro atoms. The summed E-state index contributed by atoms with van der Waals surface area (Å²) in [6.45, 7) is 1.55. The second kappa shape index (κ2) is 5.95. The molecule has 0 saturated carbocycles. The predicted molar refractivity (Wildman–Crippen MR) is 76.0 cm³/mol. The van der Waals surface area contributed by atoms with Gasteiger partial charge in [0.2, 0.25) is 5.91 Å². The number of alkyl halides is 3. The number of carbonyl (C=O) groups excluding carboxylic acids is 1. The Bertz CT molecular complexity index is 661. The minimum Gasteiger partial charge on any atom is -0.314 e. The molecule has 118 valence electrons. The minimum atomic E-state index is -4.67. The molecule has 0 radical (unpaired) electrons. The van der Waals surface area contributed by atoms with Crippen molar-refractivity contribution in [3.63, 3.8) is 0 Å². The minimum absolute atomic E-state index is 0.0111. The summed E-state index contributed by atoms with van der Waals surface area (Å²) in [6, 6.07) is 2.29. The van der Waals surface area contributed by atoms with Crippen molar-refractivity contribution in [3.8, 4) is 0 Å². The van der Waals surface area contributed by atoms with Gasteiger partial charge in [-0.05, 0) is 12.1 Å². The first kappa shape index (κ1) is 16.3. The lowest BCUT2D eigenvalue weighted by Crippen LogP contribution is -2.25. The number of carbonyl (C=O) groups is 1. The van der Waals surface area contributed by atoms with E-state index in [1.807, 2.05) is 0 Å². The third-order valence-electron chi connectivity index (χ3n) is 2.82. The lowest BCUT2D eigenvalue weighted by molar-refractivity contribution is -0.384. The van der Waals surface area contributed by atoms with Crippen LogP contribution < -0.4 is 4.90 Å². The Hall–Kier alpha value is -2.10. The van der Waals surface area contributed by atoms with Gasteiger partial charge in [-0.15, -0.1) is 0 Å². The Kier molecular flexibility index (Phi) is 4.40. The molecule has 10 heteroatoms. The molecular formula is C12H10F3N3O3S. The molecule has 1 amide bonds. The van der Waals surface area contributed by atoms with Gasteiger partial charge < -0.3 is 4.90 Å². The summed E-state index contributed by atoms with van der Waals surface area (Å²) in [4.78, 5) is 26.4. The molecule has 0 unspecified atom stereocenters. The summed E-state index contributed by atoms with van der Waals surface area (Å²) in [5, 5.41) is 11.3. The van der Waals surface area contributed by atoms with Crippen LogP contribution in [0.4, 0.5) is 24.5 Å². The number of hydrogen-bond donors (Lipinski definition) is 0. The summed E-state index contributed by atoms with van der Waals surface area (Å²) in [5.74, 6) is 0.0496. The number of hydrogen-bond acceptors (Lipinski definition) is 4. The van der Waals surface area contributed by atoms with Crippen LogP contribution in [0.25, 0.3) is 0 Å². The standard InChI is InChI=1S/C12H10F3N3O3S/c1-7(19)16-11-17(4-5-22-11)9-3-2-8(12(13,14)15)6-10(9)18(20)21/h2-3,6H,4-5H2,1H3. The number of thioether (sulfide) groups is 1. The number of anilines is 1. The average molecular weight is 333 g/mol. The van der Waals surface area contributed by atoms with Crippen LogP contribution in [0.2, 0.25) is 0 Å². The zero-order chi connectivity index (χ0) is 16.5. The molecule has 1 aromatic rings. The van der Waals surface area contributed by atoms with Gasteiger partial charge in [0.25, 0.3) is 5.69 Å². The predicted octanol–water partition coefficient (Wildman–Crippen LogP) is 3.07. The van der Waals surface area contributed by atoms with E-state index in [1.54, 1.807) is 0 Å². The van der Waals surface area contributed by atoms with E-state index in [-0.39, 0.29) is 10.9 Å². The van der Waals surface area contributed by atoms with Gasteiger partial charge in [0.15, 0.2) is 5.17 Å². The van der Waals surface area contributed by atoms with Crippen LogP contribution in [0.3, 0.4) is 0 Å². The smallest absolute Gasteiger partial charge is 0.314 e. The summed E-state index contributed by atoms with van der Waals surface area (Å²) in [7, 11) is 0. The molecule has 0 aromatic heterocycles. The fraction of sp³-hybridized carbons (Fsp3) is 0.333. The van der Waals surface area contributed by atoms with Crippen LogP contribution in [-0.2, 0) is 11.0 Å². The van der Waals surface area contributed by atoms with Crippen molar-refractivity contribution in [1.29, 1.82) is 0 Å². The van der Waals surface area contributed by atoms with Crippen LogP contribution in [0.1, 0.15) is 12.5 Å². The number of benzene rings is 1. The molecule has 0 N–H and O–H groups in total. The van der Waals surface area contributed by atoms with E-state index >= 15 is 0 Å². The van der Waals surface area contributed by atoms with Gasteiger partial charge in [-0.1, -0.05) is 11.8 Å². The number of halogens is 3. The van der Waals surface area contributed by atoms with Gasteiger partial charge in [-0.25, -0.2) is 0 Å². The highest BCUT2D eigenvalue weighted by molar-refractivity contribution is 8.14. The van der Waals surface area contributed by atoms with Gasteiger partial charge in [-0.2, -0.15) is 18.2 Å². The topological polar surface area (TPSA) is 75.8 Å². The first-order valence-corrected chi connectivity index (χ1v) is 7.04. The van der Waals surface area contributed by atoms with E-state index in [0.717, 1.165) is 12.1 Å². The first-order valence-electron chi connectivity index (χ1n) is 6.05. The van der Waals surface area contributed by atoms with E-state index in [9.17, 15) is 28.1 Å². The Labute approximate surface area is 127 Å². The highest BCUT2D eigenvalue weighted by atomic mass is 32.2. The van der Waals surface area contributed by atoms with Crippen molar-refractivity contribution in [2.75, 3.05) is 17.2 Å². The number of nitro groups is 1. The van der Waals surface area contributed by atoms with Gasteiger partial charge in [-0.3, -0.25) is 14.9 Å². The number of nitro benzene ring substituents is 1.